The second kappa shape index (κ2) is 6.97. The van der Waals surface area contributed by atoms with Crippen LogP contribution < -0.4 is 5.32 Å². The molecule has 17 heavy (non-hydrogen) atoms. The lowest BCUT2D eigenvalue weighted by atomic mass is 10.0. The highest BCUT2D eigenvalue weighted by Gasteiger charge is 2.07. The summed E-state index contributed by atoms with van der Waals surface area (Å²) >= 11 is 5.89. The molecule has 1 unspecified atom stereocenters. The summed E-state index contributed by atoms with van der Waals surface area (Å²) in [5.41, 5.74) is 0.822. The van der Waals surface area contributed by atoms with Crippen molar-refractivity contribution in [2.24, 2.45) is 5.92 Å². The van der Waals surface area contributed by atoms with Crippen LogP contribution in [-0.4, -0.2) is 6.04 Å². The van der Waals surface area contributed by atoms with Crippen LogP contribution in [0.1, 0.15) is 39.2 Å². The van der Waals surface area contributed by atoms with Crippen LogP contribution in [0.25, 0.3) is 0 Å². The Balaban J connectivity index is 2.42. The standard InChI is InChI=1S/C14H21ClFN/c1-10(2)7-8-11(3)17-9-12-5-4-6-13(16)14(12)15/h4-6,10-11,17H,7-9H2,1-3H3. The molecule has 0 amide bonds. The largest absolute Gasteiger partial charge is 0.310 e. The lowest BCUT2D eigenvalue weighted by Crippen LogP contribution is -2.26. The zero-order valence-corrected chi connectivity index (χ0v) is 11.5. The molecule has 1 rings (SSSR count). The van der Waals surface area contributed by atoms with E-state index < -0.39 is 0 Å². The van der Waals surface area contributed by atoms with Gasteiger partial charge in [0.15, 0.2) is 0 Å². The maximum Gasteiger partial charge on any atom is 0.142 e. The molecule has 0 aromatic heterocycles. The predicted octanol–water partition coefficient (Wildman–Crippen LogP) is 4.39. The molecule has 0 heterocycles. The molecule has 1 N–H and O–H groups in total. The van der Waals surface area contributed by atoms with Gasteiger partial charge in [-0.15, -0.1) is 0 Å². The van der Waals surface area contributed by atoms with Gasteiger partial charge in [-0.3, -0.25) is 0 Å². The molecule has 0 saturated heterocycles. The smallest absolute Gasteiger partial charge is 0.142 e. The number of hydrogen-bond acceptors (Lipinski definition) is 1. The number of benzene rings is 1. The van der Waals surface area contributed by atoms with Crippen molar-refractivity contribution in [3.8, 4) is 0 Å². The topological polar surface area (TPSA) is 12.0 Å². The van der Waals surface area contributed by atoms with Crippen LogP contribution in [0, 0.1) is 11.7 Å². The fraction of sp³-hybridized carbons (Fsp3) is 0.571. The lowest BCUT2D eigenvalue weighted by molar-refractivity contribution is 0.450. The van der Waals surface area contributed by atoms with Crippen LogP contribution >= 0.6 is 11.6 Å². The first-order chi connectivity index (χ1) is 8.00. The minimum Gasteiger partial charge on any atom is -0.310 e. The average molecular weight is 258 g/mol. The summed E-state index contributed by atoms with van der Waals surface area (Å²) in [6, 6.07) is 5.36. The van der Waals surface area contributed by atoms with E-state index in [1.54, 1.807) is 6.07 Å². The zero-order chi connectivity index (χ0) is 12.8. The number of nitrogens with one attached hydrogen (secondary N) is 1. The normalized spacial score (nSPS) is 13.1. The Bertz CT molecular complexity index is 352. The Labute approximate surface area is 108 Å². The minimum atomic E-state index is -0.346. The Hall–Kier alpha value is -0.600. The van der Waals surface area contributed by atoms with Crippen LogP contribution in [0.5, 0.6) is 0 Å². The molecule has 0 spiro atoms. The zero-order valence-electron chi connectivity index (χ0n) is 10.8. The Morgan fingerprint density at radius 3 is 2.59 bits per heavy atom. The van der Waals surface area contributed by atoms with Gasteiger partial charge in [0.05, 0.1) is 5.02 Å². The number of rotatable bonds is 6. The van der Waals surface area contributed by atoms with Crippen LogP contribution in [0.2, 0.25) is 5.02 Å². The molecule has 0 fully saturated rings. The third kappa shape index (κ3) is 5.05. The summed E-state index contributed by atoms with van der Waals surface area (Å²) in [6.07, 6.45) is 2.33. The molecule has 0 aliphatic carbocycles. The summed E-state index contributed by atoms with van der Waals surface area (Å²) in [5.74, 6) is 0.373. The second-order valence-electron chi connectivity index (χ2n) is 4.97. The third-order valence-electron chi connectivity index (χ3n) is 2.85. The maximum absolute atomic E-state index is 13.2. The van der Waals surface area contributed by atoms with Crippen molar-refractivity contribution in [1.29, 1.82) is 0 Å². The molecule has 3 heteroatoms. The molecule has 1 aromatic rings. The molecule has 0 aliphatic heterocycles. The Morgan fingerprint density at radius 1 is 1.24 bits per heavy atom. The van der Waals surface area contributed by atoms with E-state index in [0.29, 0.717) is 12.6 Å². The van der Waals surface area contributed by atoms with Gasteiger partial charge in [0, 0.05) is 12.6 Å². The summed E-state index contributed by atoms with van der Waals surface area (Å²) in [5, 5.41) is 3.60. The highest BCUT2D eigenvalue weighted by molar-refractivity contribution is 6.31. The van der Waals surface area contributed by atoms with Gasteiger partial charge in [-0.1, -0.05) is 37.6 Å². The first-order valence-corrected chi connectivity index (χ1v) is 6.54. The van der Waals surface area contributed by atoms with E-state index in [0.717, 1.165) is 17.9 Å². The van der Waals surface area contributed by atoms with E-state index in [1.165, 1.54) is 12.5 Å². The third-order valence-corrected chi connectivity index (χ3v) is 3.27. The van der Waals surface area contributed by atoms with E-state index in [9.17, 15) is 4.39 Å². The fourth-order valence-electron chi connectivity index (χ4n) is 1.65. The molecule has 96 valence electrons. The summed E-state index contributed by atoms with van der Waals surface area (Å²) in [7, 11) is 0. The van der Waals surface area contributed by atoms with Crippen molar-refractivity contribution < 1.29 is 4.39 Å². The van der Waals surface area contributed by atoms with Crippen molar-refractivity contribution in [3.63, 3.8) is 0 Å². The van der Waals surface area contributed by atoms with Gasteiger partial charge in [-0.05, 0) is 37.3 Å². The van der Waals surface area contributed by atoms with Crippen molar-refractivity contribution in [2.45, 2.75) is 46.2 Å². The van der Waals surface area contributed by atoms with Crippen LogP contribution in [0.15, 0.2) is 18.2 Å². The highest BCUT2D eigenvalue weighted by Crippen LogP contribution is 2.19. The predicted molar refractivity (Wildman–Crippen MR) is 71.8 cm³/mol. The van der Waals surface area contributed by atoms with E-state index >= 15 is 0 Å². The molecular formula is C14H21ClFN. The average Bonchev–Trinajstić information content (AvgIpc) is 2.28. The van der Waals surface area contributed by atoms with E-state index in [2.05, 4.69) is 26.1 Å². The van der Waals surface area contributed by atoms with Crippen LogP contribution in [0.4, 0.5) is 4.39 Å². The Morgan fingerprint density at radius 2 is 1.94 bits per heavy atom. The van der Waals surface area contributed by atoms with Crippen molar-refractivity contribution >= 4 is 11.6 Å². The molecule has 0 aliphatic rings. The summed E-state index contributed by atoms with van der Waals surface area (Å²) in [4.78, 5) is 0. The van der Waals surface area contributed by atoms with Gasteiger partial charge in [-0.2, -0.15) is 0 Å². The van der Waals surface area contributed by atoms with Crippen molar-refractivity contribution in [1.82, 2.24) is 5.32 Å². The Kier molecular flexibility index (Phi) is 5.93. The van der Waals surface area contributed by atoms with Crippen molar-refractivity contribution in [2.75, 3.05) is 0 Å². The molecular weight excluding hydrogens is 237 g/mol. The van der Waals surface area contributed by atoms with Crippen molar-refractivity contribution in [3.05, 3.63) is 34.6 Å². The van der Waals surface area contributed by atoms with Gasteiger partial charge in [0.25, 0.3) is 0 Å². The van der Waals surface area contributed by atoms with Gasteiger partial charge >= 0.3 is 0 Å². The van der Waals surface area contributed by atoms with Crippen LogP contribution in [-0.2, 0) is 6.54 Å². The minimum absolute atomic E-state index is 0.232. The lowest BCUT2D eigenvalue weighted by Gasteiger charge is -2.15. The SMILES string of the molecule is CC(C)CCC(C)NCc1cccc(F)c1Cl. The number of halogens is 2. The van der Waals surface area contributed by atoms with Crippen LogP contribution in [0.3, 0.4) is 0 Å². The van der Waals surface area contributed by atoms with E-state index in [1.807, 2.05) is 6.07 Å². The first-order valence-electron chi connectivity index (χ1n) is 6.17. The fourth-order valence-corrected chi connectivity index (χ4v) is 1.85. The molecule has 1 atom stereocenters. The monoisotopic (exact) mass is 257 g/mol. The molecule has 0 bridgehead atoms. The summed E-state index contributed by atoms with van der Waals surface area (Å²) < 4.78 is 13.2. The number of hydrogen-bond donors (Lipinski definition) is 1. The van der Waals surface area contributed by atoms with Gasteiger partial charge in [0.1, 0.15) is 5.82 Å². The van der Waals surface area contributed by atoms with E-state index in [4.69, 9.17) is 11.6 Å². The first kappa shape index (κ1) is 14.5. The highest BCUT2D eigenvalue weighted by atomic mass is 35.5. The molecule has 1 aromatic carbocycles. The van der Waals surface area contributed by atoms with Gasteiger partial charge in [0.2, 0.25) is 0 Å². The second-order valence-corrected chi connectivity index (χ2v) is 5.34. The van der Waals surface area contributed by atoms with E-state index in [-0.39, 0.29) is 10.8 Å². The molecule has 0 saturated carbocycles. The van der Waals surface area contributed by atoms with Gasteiger partial charge < -0.3 is 5.32 Å². The molecule has 0 radical (unpaired) electrons. The van der Waals surface area contributed by atoms with Gasteiger partial charge in [-0.25, -0.2) is 4.39 Å². The quantitative estimate of drug-likeness (QED) is 0.797. The summed E-state index contributed by atoms with van der Waals surface area (Å²) in [6.45, 7) is 7.21. The molecule has 1 nitrogen and oxygen atoms in total. The maximum atomic E-state index is 13.2.